The number of hydrogen-bond donors (Lipinski definition) is 1. The van der Waals surface area contributed by atoms with Crippen molar-refractivity contribution in [3.63, 3.8) is 0 Å². The second-order valence-electron chi connectivity index (χ2n) is 10.6. The number of rotatable bonds is 8. The molecule has 2 aliphatic carbocycles. The Kier molecular flexibility index (Phi) is 6.74. The lowest BCUT2D eigenvalue weighted by Crippen LogP contribution is -2.21. The number of amides is 1. The smallest absolute Gasteiger partial charge is 0.411 e. The highest BCUT2D eigenvalue weighted by Gasteiger charge is 2.31. The molecule has 6 nitrogen and oxygen atoms in total. The van der Waals surface area contributed by atoms with Crippen molar-refractivity contribution in [3.8, 4) is 34.2 Å². The molecule has 1 aromatic heterocycles. The lowest BCUT2D eigenvalue weighted by molar-refractivity contribution is 0.108. The average Bonchev–Trinajstić information content (AvgIpc) is 3.72. The largest absolute Gasteiger partial charge is 0.494 e. The van der Waals surface area contributed by atoms with E-state index < -0.39 is 6.09 Å². The van der Waals surface area contributed by atoms with E-state index in [-0.39, 0.29) is 6.10 Å². The van der Waals surface area contributed by atoms with Gasteiger partial charge in [-0.15, -0.1) is 0 Å². The highest BCUT2D eigenvalue weighted by Crippen LogP contribution is 2.47. The maximum absolute atomic E-state index is 12.4. The fourth-order valence-corrected chi connectivity index (χ4v) is 5.55. The van der Waals surface area contributed by atoms with Gasteiger partial charge in [-0.05, 0) is 99.4 Å². The van der Waals surface area contributed by atoms with E-state index in [0.29, 0.717) is 29.8 Å². The molecule has 0 aliphatic heterocycles. The zero-order valence-corrected chi connectivity index (χ0v) is 22.4. The van der Waals surface area contributed by atoms with Crippen molar-refractivity contribution in [1.29, 1.82) is 5.26 Å². The first kappa shape index (κ1) is 25.1. The van der Waals surface area contributed by atoms with Crippen LogP contribution in [0.4, 0.5) is 10.5 Å². The predicted octanol–water partition coefficient (Wildman–Crippen LogP) is 8.32. The van der Waals surface area contributed by atoms with Crippen molar-refractivity contribution in [2.75, 3.05) is 11.9 Å². The maximum atomic E-state index is 12.4. The Hall–Kier alpha value is -4.24. The third-order valence-electron chi connectivity index (χ3n) is 8.01. The number of hydrogen-bond acceptors (Lipinski definition) is 4. The van der Waals surface area contributed by atoms with Crippen LogP contribution in [0.3, 0.4) is 0 Å². The number of carbonyl (C=O) groups is 1. The molecular weight excluding hydrogens is 486 g/mol. The zero-order valence-electron chi connectivity index (χ0n) is 22.4. The van der Waals surface area contributed by atoms with Crippen LogP contribution in [0.25, 0.3) is 33.3 Å². The van der Waals surface area contributed by atoms with E-state index in [2.05, 4.69) is 40.2 Å². The molecule has 6 rings (SSSR count). The molecule has 2 saturated carbocycles. The van der Waals surface area contributed by atoms with Crippen LogP contribution in [-0.2, 0) is 4.74 Å². The minimum Gasteiger partial charge on any atom is -0.494 e. The highest BCUT2D eigenvalue weighted by atomic mass is 16.6. The summed E-state index contributed by atoms with van der Waals surface area (Å²) in [6.07, 6.45) is 5.27. The number of anilines is 1. The molecule has 1 atom stereocenters. The lowest BCUT2D eigenvalue weighted by Gasteiger charge is -2.30. The first-order valence-electron chi connectivity index (χ1n) is 13.9. The Balaban J connectivity index is 1.44. The van der Waals surface area contributed by atoms with Crippen LogP contribution >= 0.6 is 0 Å². The Labute approximate surface area is 229 Å². The summed E-state index contributed by atoms with van der Waals surface area (Å²) in [7, 11) is 0. The monoisotopic (exact) mass is 519 g/mol. The Bertz CT molecular complexity index is 1540. The summed E-state index contributed by atoms with van der Waals surface area (Å²) < 4.78 is 13.9. The van der Waals surface area contributed by atoms with Crippen molar-refractivity contribution in [1.82, 2.24) is 4.57 Å². The normalized spacial score (nSPS) is 15.8. The summed E-state index contributed by atoms with van der Waals surface area (Å²) in [5.41, 5.74) is 6.92. The van der Waals surface area contributed by atoms with E-state index in [4.69, 9.17) is 9.47 Å². The number of nitrogens with one attached hydrogen (secondary N) is 1. The molecule has 1 heterocycles. The van der Waals surface area contributed by atoms with Crippen LogP contribution in [0.15, 0.2) is 66.7 Å². The van der Waals surface area contributed by atoms with Crippen molar-refractivity contribution < 1.29 is 14.3 Å². The number of benzene rings is 3. The van der Waals surface area contributed by atoms with Gasteiger partial charge in [-0.1, -0.05) is 24.3 Å². The van der Waals surface area contributed by atoms with Gasteiger partial charge in [0.05, 0.1) is 29.5 Å². The topological polar surface area (TPSA) is 76.3 Å². The standard InChI is InChI=1S/C33H33N3O3/c1-3-38-28-17-18-29-30(19-28)36(27-5-4-6-27)32(31(29)24-9-7-22(20-34)8-10-24)25-13-15-26(16-14-25)35-33(37)39-21(2)23-11-12-23/h7-10,13-19,21,23,27H,3-6,11-12H2,1-2H3,(H,35,37). The SMILES string of the molecule is CCOc1ccc2c(-c3ccc(C#N)cc3)c(-c3ccc(NC(=O)OC(C)C4CC4)cc3)n(C3CCC3)c2c1. The fraction of sp³-hybridized carbons (Fsp3) is 0.333. The van der Waals surface area contributed by atoms with Gasteiger partial charge < -0.3 is 14.0 Å². The van der Waals surface area contributed by atoms with Gasteiger partial charge in [-0.2, -0.15) is 5.26 Å². The van der Waals surface area contributed by atoms with Crippen LogP contribution in [0.1, 0.15) is 57.6 Å². The Morgan fingerprint density at radius 1 is 1.03 bits per heavy atom. The molecule has 0 saturated heterocycles. The van der Waals surface area contributed by atoms with Crippen LogP contribution in [-0.4, -0.2) is 23.4 Å². The summed E-state index contributed by atoms with van der Waals surface area (Å²) >= 11 is 0. The molecule has 3 aromatic carbocycles. The van der Waals surface area contributed by atoms with Crippen molar-refractivity contribution in [3.05, 3.63) is 72.3 Å². The molecular formula is C33H33N3O3. The summed E-state index contributed by atoms with van der Waals surface area (Å²) in [4.78, 5) is 12.4. The van der Waals surface area contributed by atoms with Gasteiger partial charge in [0.2, 0.25) is 0 Å². The van der Waals surface area contributed by atoms with Gasteiger partial charge in [0.25, 0.3) is 0 Å². The van der Waals surface area contributed by atoms with Crippen molar-refractivity contribution in [2.45, 2.75) is 58.1 Å². The number of ether oxygens (including phenoxy) is 2. The number of fused-ring (bicyclic) bond motifs is 1. The van der Waals surface area contributed by atoms with Gasteiger partial charge in [0, 0.05) is 28.7 Å². The lowest BCUT2D eigenvalue weighted by atomic mass is 9.91. The predicted molar refractivity (Wildman–Crippen MR) is 154 cm³/mol. The van der Waals surface area contributed by atoms with Crippen molar-refractivity contribution >= 4 is 22.7 Å². The molecule has 0 bridgehead atoms. The highest BCUT2D eigenvalue weighted by molar-refractivity contribution is 6.05. The molecule has 4 aromatic rings. The number of carbonyl (C=O) groups excluding carboxylic acids is 1. The van der Waals surface area contributed by atoms with Crippen molar-refractivity contribution in [2.24, 2.45) is 5.92 Å². The third-order valence-corrected chi connectivity index (χ3v) is 8.01. The molecule has 1 N–H and O–H groups in total. The van der Waals surface area contributed by atoms with E-state index in [1.54, 1.807) is 0 Å². The third kappa shape index (κ3) is 4.97. The van der Waals surface area contributed by atoms with Gasteiger partial charge in [0.1, 0.15) is 11.9 Å². The quantitative estimate of drug-likeness (QED) is 0.254. The molecule has 6 heteroatoms. The number of nitrogens with zero attached hydrogens (tertiary/aromatic N) is 2. The molecule has 0 radical (unpaired) electrons. The minimum atomic E-state index is -0.410. The van der Waals surface area contributed by atoms with E-state index in [9.17, 15) is 10.1 Å². The van der Waals surface area contributed by atoms with Gasteiger partial charge >= 0.3 is 6.09 Å². The van der Waals surface area contributed by atoms with E-state index in [1.807, 2.05) is 56.3 Å². The summed E-state index contributed by atoms with van der Waals surface area (Å²) in [6, 6.07) is 24.8. The van der Waals surface area contributed by atoms with Crippen LogP contribution in [0, 0.1) is 17.2 Å². The summed E-state index contributed by atoms with van der Waals surface area (Å²) in [5, 5.41) is 13.4. The Morgan fingerprint density at radius 2 is 1.74 bits per heavy atom. The molecule has 1 unspecified atom stereocenters. The second-order valence-corrected chi connectivity index (χ2v) is 10.6. The molecule has 1 amide bonds. The van der Waals surface area contributed by atoms with Crippen LogP contribution in [0.5, 0.6) is 5.75 Å². The number of nitriles is 1. The summed E-state index contributed by atoms with van der Waals surface area (Å²) in [6.45, 7) is 4.57. The molecule has 198 valence electrons. The first-order chi connectivity index (χ1) is 19.1. The van der Waals surface area contributed by atoms with E-state index in [0.717, 1.165) is 64.7 Å². The van der Waals surface area contributed by atoms with Crippen LogP contribution in [0.2, 0.25) is 0 Å². The average molecular weight is 520 g/mol. The molecule has 2 fully saturated rings. The fourth-order valence-electron chi connectivity index (χ4n) is 5.55. The van der Waals surface area contributed by atoms with Gasteiger partial charge in [-0.25, -0.2) is 4.79 Å². The van der Waals surface area contributed by atoms with E-state index >= 15 is 0 Å². The molecule has 0 spiro atoms. The van der Waals surface area contributed by atoms with Crippen LogP contribution < -0.4 is 10.1 Å². The minimum absolute atomic E-state index is 0.0565. The summed E-state index contributed by atoms with van der Waals surface area (Å²) in [5.74, 6) is 1.36. The number of aromatic nitrogens is 1. The van der Waals surface area contributed by atoms with E-state index in [1.165, 1.54) is 6.42 Å². The second kappa shape index (κ2) is 10.5. The van der Waals surface area contributed by atoms with Gasteiger partial charge in [0.15, 0.2) is 0 Å². The zero-order chi connectivity index (χ0) is 26.9. The molecule has 2 aliphatic rings. The maximum Gasteiger partial charge on any atom is 0.411 e. The Morgan fingerprint density at radius 3 is 2.36 bits per heavy atom. The first-order valence-corrected chi connectivity index (χ1v) is 13.9. The van der Waals surface area contributed by atoms with Gasteiger partial charge in [-0.3, -0.25) is 5.32 Å². The molecule has 39 heavy (non-hydrogen) atoms.